The molecule has 0 amide bonds. The van der Waals surface area contributed by atoms with E-state index in [4.69, 9.17) is 0 Å². The predicted octanol–water partition coefficient (Wildman–Crippen LogP) is 2.31. The van der Waals surface area contributed by atoms with Crippen molar-refractivity contribution in [1.82, 2.24) is 5.32 Å². The average molecular weight is 241 g/mol. The van der Waals surface area contributed by atoms with E-state index in [1.54, 1.807) is 0 Å². The zero-order valence-electron chi connectivity index (χ0n) is 9.84. The summed E-state index contributed by atoms with van der Waals surface area (Å²) < 4.78 is 26.3. The van der Waals surface area contributed by atoms with Crippen molar-refractivity contribution in [2.45, 2.75) is 37.8 Å². The number of aliphatic hydroxyl groups is 1. The van der Waals surface area contributed by atoms with E-state index in [1.165, 1.54) is 19.4 Å². The maximum atomic E-state index is 13.5. The molecule has 4 heteroatoms. The highest BCUT2D eigenvalue weighted by molar-refractivity contribution is 5.24. The molecule has 0 spiro atoms. The second kappa shape index (κ2) is 4.70. The molecule has 0 bridgehead atoms. The third kappa shape index (κ3) is 2.82. The Morgan fingerprint density at radius 3 is 2.65 bits per heavy atom. The van der Waals surface area contributed by atoms with Gasteiger partial charge in [0, 0.05) is 24.2 Å². The number of hydrogen-bond acceptors (Lipinski definition) is 2. The molecule has 0 radical (unpaired) electrons. The van der Waals surface area contributed by atoms with Crippen LogP contribution in [0.5, 0.6) is 0 Å². The van der Waals surface area contributed by atoms with Crippen LogP contribution >= 0.6 is 0 Å². The Labute approximate surface area is 99.7 Å². The lowest BCUT2D eigenvalue weighted by Gasteiger charge is -2.32. The van der Waals surface area contributed by atoms with Crippen LogP contribution in [-0.2, 0) is 5.60 Å². The van der Waals surface area contributed by atoms with Gasteiger partial charge >= 0.3 is 0 Å². The highest BCUT2D eigenvalue weighted by atomic mass is 19.1. The topological polar surface area (TPSA) is 32.3 Å². The first-order valence-electron chi connectivity index (χ1n) is 5.90. The Bertz CT molecular complexity index is 402. The fourth-order valence-electron chi connectivity index (χ4n) is 1.98. The number of halogens is 2. The molecule has 2 N–H and O–H groups in total. The van der Waals surface area contributed by atoms with Gasteiger partial charge in [-0.05, 0) is 25.8 Å². The number of nitrogens with one attached hydrogen (secondary N) is 1. The van der Waals surface area contributed by atoms with Crippen molar-refractivity contribution < 1.29 is 13.9 Å². The molecule has 17 heavy (non-hydrogen) atoms. The molecule has 0 saturated heterocycles. The lowest BCUT2D eigenvalue weighted by molar-refractivity contribution is 0.0466. The van der Waals surface area contributed by atoms with Crippen molar-refractivity contribution in [2.75, 3.05) is 6.54 Å². The summed E-state index contributed by atoms with van der Waals surface area (Å²) in [5, 5.41) is 13.4. The van der Waals surface area contributed by atoms with Crippen molar-refractivity contribution >= 4 is 0 Å². The second-order valence-corrected chi connectivity index (χ2v) is 4.91. The zero-order valence-corrected chi connectivity index (χ0v) is 9.84. The van der Waals surface area contributed by atoms with E-state index in [9.17, 15) is 13.9 Å². The molecule has 2 nitrogen and oxygen atoms in total. The van der Waals surface area contributed by atoms with Gasteiger partial charge in [0.1, 0.15) is 17.2 Å². The smallest absolute Gasteiger partial charge is 0.132 e. The Hall–Kier alpha value is -1.00. The zero-order chi connectivity index (χ0) is 12.5. The fraction of sp³-hybridized carbons (Fsp3) is 0.538. The second-order valence-electron chi connectivity index (χ2n) is 4.91. The summed E-state index contributed by atoms with van der Waals surface area (Å²) in [6, 6.07) is 3.68. The van der Waals surface area contributed by atoms with Gasteiger partial charge < -0.3 is 10.4 Å². The SMILES string of the molecule is CC(O)(CNC1CCC1)c1ccc(F)cc1F. The molecule has 1 aliphatic rings. The lowest BCUT2D eigenvalue weighted by atomic mass is 9.90. The van der Waals surface area contributed by atoms with Crippen LogP contribution in [0.15, 0.2) is 18.2 Å². The summed E-state index contributed by atoms with van der Waals surface area (Å²) in [6.45, 7) is 1.81. The lowest BCUT2D eigenvalue weighted by Crippen LogP contribution is -2.44. The Morgan fingerprint density at radius 1 is 1.41 bits per heavy atom. The Kier molecular flexibility index (Phi) is 3.45. The van der Waals surface area contributed by atoms with Crippen molar-refractivity contribution in [2.24, 2.45) is 0 Å². The highest BCUT2D eigenvalue weighted by Gasteiger charge is 2.28. The predicted molar refractivity (Wildman–Crippen MR) is 61.6 cm³/mol. The quantitative estimate of drug-likeness (QED) is 0.848. The van der Waals surface area contributed by atoms with Crippen LogP contribution in [0.25, 0.3) is 0 Å². The average Bonchev–Trinajstić information content (AvgIpc) is 2.13. The molecule has 94 valence electrons. The third-order valence-electron chi connectivity index (χ3n) is 3.35. The van der Waals surface area contributed by atoms with Crippen molar-refractivity contribution in [3.8, 4) is 0 Å². The normalized spacial score (nSPS) is 19.8. The maximum Gasteiger partial charge on any atom is 0.132 e. The van der Waals surface area contributed by atoms with E-state index in [1.807, 2.05) is 0 Å². The van der Waals surface area contributed by atoms with Crippen LogP contribution in [0, 0.1) is 11.6 Å². The molecule has 0 heterocycles. The highest BCUT2D eigenvalue weighted by Crippen LogP contribution is 2.25. The van der Waals surface area contributed by atoms with Crippen LogP contribution in [0.2, 0.25) is 0 Å². The molecule has 0 aromatic heterocycles. The van der Waals surface area contributed by atoms with E-state index in [0.29, 0.717) is 6.04 Å². The van der Waals surface area contributed by atoms with Gasteiger partial charge in [-0.3, -0.25) is 0 Å². The summed E-state index contributed by atoms with van der Waals surface area (Å²) in [5.74, 6) is -1.33. The first-order valence-corrected chi connectivity index (χ1v) is 5.90. The van der Waals surface area contributed by atoms with E-state index in [2.05, 4.69) is 5.32 Å². The summed E-state index contributed by atoms with van der Waals surface area (Å²) in [6.07, 6.45) is 3.40. The third-order valence-corrected chi connectivity index (χ3v) is 3.35. The summed E-state index contributed by atoms with van der Waals surface area (Å²) in [7, 11) is 0. The Morgan fingerprint density at radius 2 is 2.12 bits per heavy atom. The molecular formula is C13H17F2NO. The molecular weight excluding hydrogens is 224 g/mol. The van der Waals surface area contributed by atoms with Gasteiger partial charge in [-0.15, -0.1) is 0 Å². The van der Waals surface area contributed by atoms with Gasteiger partial charge in [-0.2, -0.15) is 0 Å². The van der Waals surface area contributed by atoms with Crippen LogP contribution in [0.3, 0.4) is 0 Å². The van der Waals surface area contributed by atoms with Crippen molar-refractivity contribution in [3.05, 3.63) is 35.4 Å². The van der Waals surface area contributed by atoms with Crippen LogP contribution in [-0.4, -0.2) is 17.7 Å². The van der Waals surface area contributed by atoms with Crippen LogP contribution in [0.4, 0.5) is 8.78 Å². The molecule has 1 unspecified atom stereocenters. The van der Waals surface area contributed by atoms with Gasteiger partial charge in [0.15, 0.2) is 0 Å². The van der Waals surface area contributed by atoms with E-state index in [0.717, 1.165) is 25.0 Å². The minimum absolute atomic E-state index is 0.130. The molecule has 0 aliphatic heterocycles. The minimum atomic E-state index is -1.31. The molecule has 1 atom stereocenters. The van der Waals surface area contributed by atoms with Gasteiger partial charge in [0.25, 0.3) is 0 Å². The molecule has 1 aliphatic carbocycles. The fourth-order valence-corrected chi connectivity index (χ4v) is 1.98. The number of benzene rings is 1. The van der Waals surface area contributed by atoms with Gasteiger partial charge in [0.2, 0.25) is 0 Å². The first-order chi connectivity index (χ1) is 7.99. The largest absolute Gasteiger partial charge is 0.384 e. The maximum absolute atomic E-state index is 13.5. The summed E-state index contributed by atoms with van der Waals surface area (Å²) in [5.41, 5.74) is -1.18. The van der Waals surface area contributed by atoms with E-state index < -0.39 is 17.2 Å². The van der Waals surface area contributed by atoms with Gasteiger partial charge in [-0.1, -0.05) is 12.5 Å². The summed E-state index contributed by atoms with van der Waals surface area (Å²) in [4.78, 5) is 0. The first kappa shape index (κ1) is 12.5. The monoisotopic (exact) mass is 241 g/mol. The standard InChI is InChI=1S/C13H17F2NO/c1-13(17,8-16-10-3-2-4-10)11-6-5-9(14)7-12(11)15/h5-7,10,16-17H,2-4,8H2,1H3. The van der Waals surface area contributed by atoms with Crippen molar-refractivity contribution in [3.63, 3.8) is 0 Å². The van der Waals surface area contributed by atoms with Crippen molar-refractivity contribution in [1.29, 1.82) is 0 Å². The summed E-state index contributed by atoms with van der Waals surface area (Å²) >= 11 is 0. The number of hydrogen-bond donors (Lipinski definition) is 2. The van der Waals surface area contributed by atoms with Crippen LogP contribution in [0.1, 0.15) is 31.7 Å². The molecule has 2 rings (SSSR count). The number of rotatable bonds is 4. The molecule has 1 saturated carbocycles. The van der Waals surface area contributed by atoms with Crippen LogP contribution < -0.4 is 5.32 Å². The molecule has 1 aromatic carbocycles. The van der Waals surface area contributed by atoms with Gasteiger partial charge in [0.05, 0.1) is 0 Å². The Balaban J connectivity index is 2.06. The van der Waals surface area contributed by atoms with E-state index in [-0.39, 0.29) is 12.1 Å². The molecule has 1 aromatic rings. The van der Waals surface area contributed by atoms with E-state index >= 15 is 0 Å². The minimum Gasteiger partial charge on any atom is -0.384 e. The molecule has 1 fully saturated rings. The van der Waals surface area contributed by atoms with Gasteiger partial charge in [-0.25, -0.2) is 8.78 Å².